The van der Waals surface area contributed by atoms with Crippen LogP contribution in [0.1, 0.15) is 24.6 Å². The quantitative estimate of drug-likeness (QED) is 0.780. The lowest BCUT2D eigenvalue weighted by Gasteiger charge is -2.20. The Labute approximate surface area is 135 Å². The SMILES string of the molecule is c1ccc(-c2ncc(-c3cnc(C4CCCNC4)[nH]3)cn2)cc1. The summed E-state index contributed by atoms with van der Waals surface area (Å²) < 4.78 is 0. The predicted octanol–water partition coefficient (Wildman–Crippen LogP) is 3.00. The van der Waals surface area contributed by atoms with Crippen LogP contribution < -0.4 is 5.32 Å². The van der Waals surface area contributed by atoms with Gasteiger partial charge in [-0.3, -0.25) is 0 Å². The van der Waals surface area contributed by atoms with Crippen molar-refractivity contribution in [3.63, 3.8) is 0 Å². The second-order valence-corrected chi connectivity index (χ2v) is 5.89. The molecule has 23 heavy (non-hydrogen) atoms. The van der Waals surface area contributed by atoms with Crippen molar-refractivity contribution in [3.05, 3.63) is 54.7 Å². The lowest BCUT2D eigenvalue weighted by Crippen LogP contribution is -2.28. The van der Waals surface area contributed by atoms with E-state index in [2.05, 4.69) is 25.3 Å². The van der Waals surface area contributed by atoms with Crippen LogP contribution in [-0.4, -0.2) is 33.0 Å². The van der Waals surface area contributed by atoms with Crippen molar-refractivity contribution < 1.29 is 0 Å². The van der Waals surface area contributed by atoms with Gasteiger partial charge in [0.05, 0.1) is 11.9 Å². The molecule has 0 aliphatic carbocycles. The zero-order valence-corrected chi connectivity index (χ0v) is 12.9. The van der Waals surface area contributed by atoms with Crippen LogP contribution in [0.5, 0.6) is 0 Å². The maximum absolute atomic E-state index is 4.55. The van der Waals surface area contributed by atoms with Gasteiger partial charge in [-0.05, 0) is 19.4 Å². The number of H-pyrrole nitrogens is 1. The summed E-state index contributed by atoms with van der Waals surface area (Å²) in [5.41, 5.74) is 2.97. The molecule has 3 aromatic rings. The summed E-state index contributed by atoms with van der Waals surface area (Å²) in [7, 11) is 0. The number of hydrogen-bond acceptors (Lipinski definition) is 4. The molecule has 1 atom stereocenters. The van der Waals surface area contributed by atoms with E-state index >= 15 is 0 Å². The molecule has 0 radical (unpaired) electrons. The Morgan fingerprint density at radius 2 is 1.74 bits per heavy atom. The number of aromatic amines is 1. The maximum atomic E-state index is 4.55. The fourth-order valence-electron chi connectivity index (χ4n) is 2.98. The second-order valence-electron chi connectivity index (χ2n) is 5.89. The van der Waals surface area contributed by atoms with E-state index in [1.165, 1.54) is 12.8 Å². The fourth-order valence-corrected chi connectivity index (χ4v) is 2.98. The van der Waals surface area contributed by atoms with E-state index < -0.39 is 0 Å². The maximum Gasteiger partial charge on any atom is 0.159 e. The molecule has 1 aliphatic rings. The summed E-state index contributed by atoms with van der Waals surface area (Å²) in [6, 6.07) is 10.0. The molecule has 1 unspecified atom stereocenters. The summed E-state index contributed by atoms with van der Waals surface area (Å²) in [5.74, 6) is 2.27. The van der Waals surface area contributed by atoms with Crippen LogP contribution in [-0.2, 0) is 0 Å². The van der Waals surface area contributed by atoms with Gasteiger partial charge in [0.1, 0.15) is 5.82 Å². The third-order valence-electron chi connectivity index (χ3n) is 4.27. The van der Waals surface area contributed by atoms with Gasteiger partial charge in [0.15, 0.2) is 5.82 Å². The van der Waals surface area contributed by atoms with Gasteiger partial charge < -0.3 is 10.3 Å². The average Bonchev–Trinajstić information content (AvgIpc) is 3.14. The Balaban J connectivity index is 1.55. The highest BCUT2D eigenvalue weighted by Crippen LogP contribution is 2.24. The number of hydrogen-bond donors (Lipinski definition) is 2. The molecule has 2 aromatic heterocycles. The van der Waals surface area contributed by atoms with Gasteiger partial charge in [-0.2, -0.15) is 0 Å². The van der Waals surface area contributed by atoms with Crippen molar-refractivity contribution in [2.45, 2.75) is 18.8 Å². The lowest BCUT2D eigenvalue weighted by molar-refractivity contribution is 0.449. The van der Waals surface area contributed by atoms with E-state index in [4.69, 9.17) is 0 Å². The second kappa shape index (κ2) is 6.30. The van der Waals surface area contributed by atoms with Crippen LogP contribution in [0.4, 0.5) is 0 Å². The molecule has 4 rings (SSSR count). The number of nitrogens with zero attached hydrogens (tertiary/aromatic N) is 3. The van der Waals surface area contributed by atoms with Gasteiger partial charge in [-0.25, -0.2) is 15.0 Å². The molecule has 116 valence electrons. The lowest BCUT2D eigenvalue weighted by atomic mass is 9.99. The zero-order valence-electron chi connectivity index (χ0n) is 12.9. The highest BCUT2D eigenvalue weighted by Gasteiger charge is 2.18. The van der Waals surface area contributed by atoms with Crippen molar-refractivity contribution in [3.8, 4) is 22.6 Å². The molecule has 0 saturated carbocycles. The first-order chi connectivity index (χ1) is 11.4. The summed E-state index contributed by atoms with van der Waals surface area (Å²) in [6.07, 6.45) is 7.97. The van der Waals surface area contributed by atoms with Crippen molar-refractivity contribution in [2.24, 2.45) is 0 Å². The summed E-state index contributed by atoms with van der Waals surface area (Å²) in [4.78, 5) is 16.9. The van der Waals surface area contributed by atoms with Crippen LogP contribution in [0, 0.1) is 0 Å². The van der Waals surface area contributed by atoms with Gasteiger partial charge >= 0.3 is 0 Å². The first-order valence-electron chi connectivity index (χ1n) is 8.03. The van der Waals surface area contributed by atoms with Crippen LogP contribution in [0.2, 0.25) is 0 Å². The van der Waals surface area contributed by atoms with Crippen molar-refractivity contribution >= 4 is 0 Å². The molecule has 0 spiro atoms. The third kappa shape index (κ3) is 3.00. The minimum Gasteiger partial charge on any atom is -0.342 e. The molecule has 1 aliphatic heterocycles. The van der Waals surface area contributed by atoms with E-state index in [9.17, 15) is 0 Å². The Morgan fingerprint density at radius 1 is 0.913 bits per heavy atom. The third-order valence-corrected chi connectivity index (χ3v) is 4.27. The topological polar surface area (TPSA) is 66.5 Å². The smallest absolute Gasteiger partial charge is 0.159 e. The van der Waals surface area contributed by atoms with E-state index in [1.807, 2.05) is 48.9 Å². The number of rotatable bonds is 3. The first kappa shape index (κ1) is 14.1. The van der Waals surface area contributed by atoms with Gasteiger partial charge in [-0.1, -0.05) is 30.3 Å². The Kier molecular flexibility index (Phi) is 3.86. The molecule has 3 heterocycles. The van der Waals surface area contributed by atoms with Crippen LogP contribution in [0.25, 0.3) is 22.6 Å². The summed E-state index contributed by atoms with van der Waals surface area (Å²) in [6.45, 7) is 2.11. The number of aromatic nitrogens is 4. The molecular formula is C18H19N5. The van der Waals surface area contributed by atoms with Crippen molar-refractivity contribution in [1.82, 2.24) is 25.3 Å². The molecule has 0 amide bonds. The van der Waals surface area contributed by atoms with Crippen LogP contribution in [0.15, 0.2) is 48.9 Å². The molecule has 1 fully saturated rings. The Hall–Kier alpha value is -2.53. The molecule has 5 nitrogen and oxygen atoms in total. The molecule has 1 aromatic carbocycles. The normalized spacial score (nSPS) is 18.0. The van der Waals surface area contributed by atoms with Gasteiger partial charge in [0.25, 0.3) is 0 Å². The van der Waals surface area contributed by atoms with Crippen LogP contribution >= 0.6 is 0 Å². The minimum absolute atomic E-state index is 0.474. The molecular weight excluding hydrogens is 286 g/mol. The summed E-state index contributed by atoms with van der Waals surface area (Å²) >= 11 is 0. The average molecular weight is 305 g/mol. The highest BCUT2D eigenvalue weighted by atomic mass is 15.0. The Morgan fingerprint density at radius 3 is 2.48 bits per heavy atom. The summed E-state index contributed by atoms with van der Waals surface area (Å²) in [5, 5.41) is 3.42. The predicted molar refractivity (Wildman–Crippen MR) is 89.9 cm³/mol. The minimum atomic E-state index is 0.474. The van der Waals surface area contributed by atoms with Gasteiger partial charge in [0.2, 0.25) is 0 Å². The number of benzene rings is 1. The first-order valence-corrected chi connectivity index (χ1v) is 8.03. The molecule has 5 heteroatoms. The van der Waals surface area contributed by atoms with E-state index in [0.717, 1.165) is 41.6 Å². The van der Waals surface area contributed by atoms with Gasteiger partial charge in [0, 0.05) is 36.0 Å². The number of nitrogens with one attached hydrogen (secondary N) is 2. The molecule has 2 N–H and O–H groups in total. The monoisotopic (exact) mass is 305 g/mol. The largest absolute Gasteiger partial charge is 0.342 e. The Bertz CT molecular complexity index is 758. The van der Waals surface area contributed by atoms with Crippen molar-refractivity contribution in [2.75, 3.05) is 13.1 Å². The zero-order chi connectivity index (χ0) is 15.5. The van der Waals surface area contributed by atoms with E-state index in [-0.39, 0.29) is 0 Å². The van der Waals surface area contributed by atoms with Crippen molar-refractivity contribution in [1.29, 1.82) is 0 Å². The standard InChI is InChI=1S/C18H19N5/c1-2-5-13(6-3-1)17-20-10-15(11-21-17)16-12-22-18(23-16)14-7-4-8-19-9-14/h1-3,5-6,10-12,14,19H,4,7-9H2,(H,22,23). The molecule has 1 saturated heterocycles. The number of piperidine rings is 1. The molecule has 0 bridgehead atoms. The van der Waals surface area contributed by atoms with Crippen LogP contribution in [0.3, 0.4) is 0 Å². The van der Waals surface area contributed by atoms with Gasteiger partial charge in [-0.15, -0.1) is 0 Å². The highest BCUT2D eigenvalue weighted by molar-refractivity contribution is 5.60. The number of imidazole rings is 1. The van der Waals surface area contributed by atoms with E-state index in [0.29, 0.717) is 5.92 Å². The fraction of sp³-hybridized carbons (Fsp3) is 0.278. The van der Waals surface area contributed by atoms with E-state index in [1.54, 1.807) is 0 Å².